The van der Waals surface area contributed by atoms with Gasteiger partial charge in [-0.25, -0.2) is 4.98 Å². The summed E-state index contributed by atoms with van der Waals surface area (Å²) in [6.07, 6.45) is 1.78. The molecule has 0 aliphatic carbocycles. The Labute approximate surface area is 100 Å². The Balaban J connectivity index is 2.58. The lowest BCUT2D eigenvalue weighted by atomic mass is 10.0. The molecule has 1 heterocycles. The summed E-state index contributed by atoms with van der Waals surface area (Å²) < 4.78 is 0. The molecule has 1 aromatic carbocycles. The highest BCUT2D eigenvalue weighted by atomic mass is 35.5. The largest absolute Gasteiger partial charge is 0.383 e. The third-order valence-corrected chi connectivity index (χ3v) is 2.86. The first-order valence-corrected chi connectivity index (χ1v) is 5.44. The molecule has 1 aromatic heterocycles. The second-order valence-corrected chi connectivity index (χ2v) is 4.32. The number of halogens is 1. The molecule has 2 nitrogen and oxygen atoms in total. The Morgan fingerprint density at radius 2 is 1.88 bits per heavy atom. The zero-order valence-corrected chi connectivity index (χ0v) is 10.0. The summed E-state index contributed by atoms with van der Waals surface area (Å²) in [5, 5.41) is 0.732. The Kier molecular flexibility index (Phi) is 2.84. The van der Waals surface area contributed by atoms with Gasteiger partial charge in [0.15, 0.2) is 0 Å². The van der Waals surface area contributed by atoms with Crippen LogP contribution in [0.1, 0.15) is 11.1 Å². The average molecular weight is 233 g/mol. The van der Waals surface area contributed by atoms with E-state index in [4.69, 9.17) is 17.3 Å². The average Bonchev–Trinajstić information content (AvgIpc) is 2.26. The zero-order chi connectivity index (χ0) is 11.7. The quantitative estimate of drug-likeness (QED) is 0.816. The van der Waals surface area contributed by atoms with Crippen molar-refractivity contribution in [2.24, 2.45) is 0 Å². The Hall–Kier alpha value is -1.54. The lowest BCUT2D eigenvalue weighted by Gasteiger charge is -2.08. The van der Waals surface area contributed by atoms with E-state index in [0.717, 1.165) is 21.7 Å². The minimum absolute atomic E-state index is 0.573. The lowest BCUT2D eigenvalue weighted by molar-refractivity contribution is 1.27. The van der Waals surface area contributed by atoms with Gasteiger partial charge >= 0.3 is 0 Å². The van der Waals surface area contributed by atoms with Gasteiger partial charge in [-0.15, -0.1) is 0 Å². The molecule has 0 saturated carbocycles. The topological polar surface area (TPSA) is 38.9 Å². The molecule has 0 spiro atoms. The van der Waals surface area contributed by atoms with Crippen molar-refractivity contribution in [2.45, 2.75) is 13.8 Å². The number of hydrogen-bond donors (Lipinski definition) is 1. The van der Waals surface area contributed by atoms with Crippen molar-refractivity contribution in [1.29, 1.82) is 0 Å². The molecule has 3 heteroatoms. The molecule has 0 unspecified atom stereocenters. The first-order chi connectivity index (χ1) is 7.58. The van der Waals surface area contributed by atoms with E-state index in [-0.39, 0.29) is 0 Å². The standard InChI is InChI=1S/C13H13ClN2/c1-8-3-4-11(14)6-12(8)10-5-9(2)13(15)16-7-10/h3-7H,1-2H3,(H2,15,16). The van der Waals surface area contributed by atoms with E-state index < -0.39 is 0 Å². The predicted octanol–water partition coefficient (Wildman–Crippen LogP) is 3.60. The molecule has 0 aliphatic heterocycles. The summed E-state index contributed by atoms with van der Waals surface area (Å²) in [6.45, 7) is 4.00. The van der Waals surface area contributed by atoms with Gasteiger partial charge in [-0.1, -0.05) is 17.7 Å². The van der Waals surface area contributed by atoms with Crippen molar-refractivity contribution in [2.75, 3.05) is 5.73 Å². The van der Waals surface area contributed by atoms with Gasteiger partial charge in [0.25, 0.3) is 0 Å². The number of anilines is 1. The van der Waals surface area contributed by atoms with Crippen LogP contribution in [0.4, 0.5) is 5.82 Å². The molecule has 0 fully saturated rings. The number of hydrogen-bond acceptors (Lipinski definition) is 2. The van der Waals surface area contributed by atoms with Crippen LogP contribution in [-0.4, -0.2) is 4.98 Å². The summed E-state index contributed by atoms with van der Waals surface area (Å²) in [6, 6.07) is 7.87. The molecule has 16 heavy (non-hydrogen) atoms. The van der Waals surface area contributed by atoms with Gasteiger partial charge in [0.05, 0.1) is 0 Å². The first kappa shape index (κ1) is 11.0. The van der Waals surface area contributed by atoms with Crippen molar-refractivity contribution >= 4 is 17.4 Å². The highest BCUT2D eigenvalue weighted by molar-refractivity contribution is 6.30. The molecule has 2 N–H and O–H groups in total. The normalized spacial score (nSPS) is 10.4. The fraction of sp³-hybridized carbons (Fsp3) is 0.154. The third-order valence-electron chi connectivity index (χ3n) is 2.63. The van der Waals surface area contributed by atoms with E-state index >= 15 is 0 Å². The summed E-state index contributed by atoms with van der Waals surface area (Å²) in [4.78, 5) is 4.16. The maximum Gasteiger partial charge on any atom is 0.126 e. The second-order valence-electron chi connectivity index (χ2n) is 3.89. The van der Waals surface area contributed by atoms with Gasteiger partial charge in [-0.2, -0.15) is 0 Å². The summed E-state index contributed by atoms with van der Waals surface area (Å²) in [5.41, 5.74) is 10.0. The smallest absolute Gasteiger partial charge is 0.126 e. The third kappa shape index (κ3) is 2.02. The molecule has 0 aliphatic rings. The van der Waals surface area contributed by atoms with E-state index in [1.165, 1.54) is 5.56 Å². The van der Waals surface area contributed by atoms with Crippen molar-refractivity contribution in [1.82, 2.24) is 4.98 Å². The second kappa shape index (κ2) is 4.14. The monoisotopic (exact) mass is 232 g/mol. The minimum Gasteiger partial charge on any atom is -0.383 e. The molecule has 2 rings (SSSR count). The first-order valence-electron chi connectivity index (χ1n) is 5.06. The Morgan fingerprint density at radius 3 is 2.56 bits per heavy atom. The molecule has 0 bridgehead atoms. The number of benzene rings is 1. The molecule has 2 aromatic rings. The van der Waals surface area contributed by atoms with E-state index in [1.807, 2.05) is 31.2 Å². The molecular formula is C13H13ClN2. The van der Waals surface area contributed by atoms with Crippen LogP contribution in [-0.2, 0) is 0 Å². The molecule has 0 saturated heterocycles. The number of nitrogen functional groups attached to an aromatic ring is 1. The lowest BCUT2D eigenvalue weighted by Crippen LogP contribution is -1.94. The minimum atomic E-state index is 0.573. The molecular weight excluding hydrogens is 220 g/mol. The highest BCUT2D eigenvalue weighted by Crippen LogP contribution is 2.27. The molecule has 82 valence electrons. The molecule has 0 radical (unpaired) electrons. The van der Waals surface area contributed by atoms with Crippen LogP contribution >= 0.6 is 11.6 Å². The summed E-state index contributed by atoms with van der Waals surface area (Å²) in [7, 11) is 0. The Morgan fingerprint density at radius 1 is 1.12 bits per heavy atom. The number of nitrogens with two attached hydrogens (primary N) is 1. The number of nitrogens with zero attached hydrogens (tertiary/aromatic N) is 1. The fourth-order valence-electron chi connectivity index (χ4n) is 1.64. The SMILES string of the molecule is Cc1ccc(Cl)cc1-c1cnc(N)c(C)c1. The predicted molar refractivity (Wildman–Crippen MR) is 68.6 cm³/mol. The van der Waals surface area contributed by atoms with Crippen LogP contribution in [0.25, 0.3) is 11.1 Å². The summed E-state index contributed by atoms with van der Waals surface area (Å²) >= 11 is 5.99. The van der Waals surface area contributed by atoms with E-state index in [1.54, 1.807) is 6.20 Å². The zero-order valence-electron chi connectivity index (χ0n) is 9.29. The van der Waals surface area contributed by atoms with Crippen LogP contribution in [0.2, 0.25) is 5.02 Å². The van der Waals surface area contributed by atoms with Gasteiger partial charge in [0.2, 0.25) is 0 Å². The molecule has 0 amide bonds. The van der Waals surface area contributed by atoms with Crippen LogP contribution in [0.15, 0.2) is 30.5 Å². The van der Waals surface area contributed by atoms with Crippen molar-refractivity contribution in [3.05, 3.63) is 46.6 Å². The van der Waals surface area contributed by atoms with Crippen molar-refractivity contribution < 1.29 is 0 Å². The number of aryl methyl sites for hydroxylation is 2. The van der Waals surface area contributed by atoms with E-state index in [0.29, 0.717) is 5.82 Å². The van der Waals surface area contributed by atoms with Crippen molar-refractivity contribution in [3.8, 4) is 11.1 Å². The van der Waals surface area contributed by atoms with Gasteiger partial charge in [0, 0.05) is 16.8 Å². The van der Waals surface area contributed by atoms with Crippen LogP contribution in [0.5, 0.6) is 0 Å². The van der Waals surface area contributed by atoms with E-state index in [9.17, 15) is 0 Å². The highest BCUT2D eigenvalue weighted by Gasteiger charge is 2.05. The molecule has 0 atom stereocenters. The number of pyridine rings is 1. The van der Waals surface area contributed by atoms with Crippen LogP contribution in [0.3, 0.4) is 0 Å². The van der Waals surface area contributed by atoms with Gasteiger partial charge < -0.3 is 5.73 Å². The Bertz CT molecular complexity index is 535. The van der Waals surface area contributed by atoms with Gasteiger partial charge in [0.1, 0.15) is 5.82 Å². The van der Waals surface area contributed by atoms with Crippen LogP contribution in [0, 0.1) is 13.8 Å². The summed E-state index contributed by atoms with van der Waals surface area (Å²) in [5.74, 6) is 0.573. The maximum absolute atomic E-state index is 5.99. The van der Waals surface area contributed by atoms with Gasteiger partial charge in [-0.05, 0) is 48.7 Å². The van der Waals surface area contributed by atoms with Crippen molar-refractivity contribution in [3.63, 3.8) is 0 Å². The number of rotatable bonds is 1. The van der Waals surface area contributed by atoms with Crippen LogP contribution < -0.4 is 5.73 Å². The number of aromatic nitrogens is 1. The fourth-order valence-corrected chi connectivity index (χ4v) is 1.81. The van der Waals surface area contributed by atoms with E-state index in [2.05, 4.69) is 11.9 Å². The maximum atomic E-state index is 5.99. The van der Waals surface area contributed by atoms with Gasteiger partial charge in [-0.3, -0.25) is 0 Å².